The molecule has 2 fully saturated rings. The first-order valence-corrected chi connectivity index (χ1v) is 13.2. The van der Waals surface area contributed by atoms with Gasteiger partial charge < -0.3 is 4.90 Å². The fourth-order valence-corrected chi connectivity index (χ4v) is 6.02. The Morgan fingerprint density at radius 3 is 2.69 bits per heavy atom. The van der Waals surface area contributed by atoms with Crippen LogP contribution in [0.4, 0.5) is 5.69 Å². The van der Waals surface area contributed by atoms with E-state index in [1.165, 1.54) is 28.8 Å². The summed E-state index contributed by atoms with van der Waals surface area (Å²) in [4.78, 5) is 27.5. The van der Waals surface area contributed by atoms with E-state index >= 15 is 0 Å². The molecule has 184 valence electrons. The minimum atomic E-state index is -0.119. The number of rotatable bonds is 6. The number of piperazine rings is 1. The summed E-state index contributed by atoms with van der Waals surface area (Å²) in [5.41, 5.74) is 4.53. The number of aryl methyl sites for hydroxylation is 1. The molecule has 8 nitrogen and oxygen atoms in total. The zero-order valence-electron chi connectivity index (χ0n) is 20.8. The lowest BCUT2D eigenvalue weighted by Crippen LogP contribution is -2.58. The summed E-state index contributed by atoms with van der Waals surface area (Å²) in [6, 6.07) is 7.35. The lowest BCUT2D eigenvalue weighted by atomic mass is 9.99. The van der Waals surface area contributed by atoms with Gasteiger partial charge in [-0.25, -0.2) is 14.2 Å². The highest BCUT2D eigenvalue weighted by molar-refractivity contribution is 9.10. The predicted octanol–water partition coefficient (Wildman–Crippen LogP) is 4.18. The van der Waals surface area contributed by atoms with Crippen molar-refractivity contribution < 1.29 is 0 Å². The van der Waals surface area contributed by atoms with Gasteiger partial charge >= 0.3 is 0 Å². The summed E-state index contributed by atoms with van der Waals surface area (Å²) in [6.07, 6.45) is 7.57. The molecular formula is C26H32BrN7O. The fraction of sp³-hybridized carbons (Fsp3) is 0.538. The zero-order chi connectivity index (χ0) is 24.9. The van der Waals surface area contributed by atoms with Gasteiger partial charge in [0.15, 0.2) is 5.65 Å². The number of hydrogen-bond donors (Lipinski definition) is 0. The van der Waals surface area contributed by atoms with Crippen molar-refractivity contribution in [1.82, 2.24) is 24.1 Å². The molecule has 0 radical (unpaired) electrons. The summed E-state index contributed by atoms with van der Waals surface area (Å²) >= 11 is 3.59. The third-order valence-electron chi connectivity index (χ3n) is 7.65. The van der Waals surface area contributed by atoms with E-state index in [9.17, 15) is 10.1 Å². The van der Waals surface area contributed by atoms with Crippen LogP contribution in [-0.2, 0) is 13.5 Å². The molecule has 1 unspecified atom stereocenters. The van der Waals surface area contributed by atoms with Crippen molar-refractivity contribution in [3.63, 3.8) is 0 Å². The highest BCUT2D eigenvalue weighted by Gasteiger charge is 2.36. The molecule has 3 aromatic heterocycles. The fourth-order valence-electron chi connectivity index (χ4n) is 5.36. The van der Waals surface area contributed by atoms with Gasteiger partial charge in [0.05, 0.1) is 24.4 Å². The van der Waals surface area contributed by atoms with Crippen molar-refractivity contribution in [2.75, 3.05) is 18.0 Å². The van der Waals surface area contributed by atoms with Crippen LogP contribution in [0.25, 0.3) is 5.65 Å². The first-order chi connectivity index (χ1) is 16.8. The average molecular weight is 538 g/mol. The summed E-state index contributed by atoms with van der Waals surface area (Å²) in [7, 11) is 1.72. The summed E-state index contributed by atoms with van der Waals surface area (Å²) in [5, 5.41) is 9.17. The molecule has 35 heavy (non-hydrogen) atoms. The SMILES string of the molecule is CC[C@@H]1CN(c2c(Br)c(=O)n(C)n3cc(CC#N)nc23)[C@@H](C)CN1C(C)c1ccc(C2CC2)nc1. The normalized spacial score (nSPS) is 21.9. The third-order valence-corrected chi connectivity index (χ3v) is 8.36. The Labute approximate surface area is 214 Å². The Hall–Kier alpha value is -2.70. The number of nitrogens with zero attached hydrogens (tertiary/aromatic N) is 7. The lowest BCUT2D eigenvalue weighted by molar-refractivity contribution is 0.106. The van der Waals surface area contributed by atoms with Crippen LogP contribution in [0.1, 0.15) is 68.9 Å². The molecule has 1 aliphatic heterocycles. The largest absolute Gasteiger partial charge is 0.362 e. The van der Waals surface area contributed by atoms with Crippen molar-refractivity contribution in [3.05, 3.63) is 56.3 Å². The zero-order valence-corrected chi connectivity index (χ0v) is 22.4. The van der Waals surface area contributed by atoms with Gasteiger partial charge in [-0.05, 0) is 60.7 Å². The van der Waals surface area contributed by atoms with Crippen molar-refractivity contribution in [1.29, 1.82) is 5.26 Å². The molecule has 0 spiro atoms. The molecule has 3 atom stereocenters. The smallest absolute Gasteiger partial charge is 0.281 e. The standard InChI is InChI=1S/C26H32BrN7O/c1-5-21-15-32(24-23(27)26(35)31(4)34-14-20(10-11-28)30-25(24)34)16(2)13-33(21)17(3)19-8-9-22(29-12-19)18-6-7-18/h8-9,12,14,16-18,21H,5-7,10,13,15H2,1-4H3/t16-,17?,21+/m0/s1. The molecule has 0 bridgehead atoms. The molecule has 4 heterocycles. The van der Waals surface area contributed by atoms with E-state index in [4.69, 9.17) is 9.97 Å². The molecule has 1 saturated heterocycles. The molecule has 0 amide bonds. The second-order valence-electron chi connectivity index (χ2n) is 9.95. The second-order valence-corrected chi connectivity index (χ2v) is 10.7. The van der Waals surface area contributed by atoms with Gasteiger partial charge in [0.2, 0.25) is 0 Å². The number of fused-ring (bicyclic) bond motifs is 1. The van der Waals surface area contributed by atoms with Crippen LogP contribution in [0.3, 0.4) is 0 Å². The number of nitriles is 1. The molecule has 0 aromatic carbocycles. The number of aromatic nitrogens is 4. The molecule has 0 N–H and O–H groups in total. The Bertz CT molecular complexity index is 1330. The quantitative estimate of drug-likeness (QED) is 0.469. The van der Waals surface area contributed by atoms with Crippen molar-refractivity contribution in [2.24, 2.45) is 7.05 Å². The van der Waals surface area contributed by atoms with E-state index in [2.05, 4.69) is 70.9 Å². The number of anilines is 1. The van der Waals surface area contributed by atoms with Gasteiger partial charge in [-0.2, -0.15) is 5.26 Å². The van der Waals surface area contributed by atoms with Crippen LogP contribution in [-0.4, -0.2) is 49.2 Å². The topological polar surface area (TPSA) is 82.5 Å². The van der Waals surface area contributed by atoms with Crippen LogP contribution in [0.5, 0.6) is 0 Å². The Morgan fingerprint density at radius 2 is 2.06 bits per heavy atom. The van der Waals surface area contributed by atoms with Crippen LogP contribution < -0.4 is 10.5 Å². The minimum absolute atomic E-state index is 0.119. The van der Waals surface area contributed by atoms with Gasteiger partial charge in [-0.1, -0.05) is 13.0 Å². The van der Waals surface area contributed by atoms with Crippen molar-refractivity contribution in [3.8, 4) is 6.07 Å². The first-order valence-electron chi connectivity index (χ1n) is 12.5. The Morgan fingerprint density at radius 1 is 1.29 bits per heavy atom. The van der Waals surface area contributed by atoms with Crippen molar-refractivity contribution in [2.45, 2.75) is 70.5 Å². The number of imidazole rings is 1. The predicted molar refractivity (Wildman–Crippen MR) is 140 cm³/mol. The lowest BCUT2D eigenvalue weighted by Gasteiger charge is -2.48. The highest BCUT2D eigenvalue weighted by Crippen LogP contribution is 2.40. The van der Waals surface area contributed by atoms with Crippen LogP contribution in [0, 0.1) is 11.3 Å². The van der Waals surface area contributed by atoms with E-state index < -0.39 is 0 Å². The molecular weight excluding hydrogens is 506 g/mol. The highest BCUT2D eigenvalue weighted by atomic mass is 79.9. The van der Waals surface area contributed by atoms with Crippen LogP contribution in [0.2, 0.25) is 0 Å². The van der Waals surface area contributed by atoms with Crippen LogP contribution >= 0.6 is 15.9 Å². The molecule has 2 aliphatic rings. The van der Waals surface area contributed by atoms with Gasteiger partial charge in [-0.15, -0.1) is 0 Å². The van der Waals surface area contributed by atoms with E-state index in [-0.39, 0.29) is 24.1 Å². The Balaban J connectivity index is 1.47. The van der Waals surface area contributed by atoms with Gasteiger partial charge in [0.25, 0.3) is 5.56 Å². The summed E-state index contributed by atoms with van der Waals surface area (Å²) in [5.74, 6) is 0.663. The Kier molecular flexibility index (Phi) is 6.45. The first kappa shape index (κ1) is 24.0. The van der Waals surface area contributed by atoms with Crippen LogP contribution in [0.15, 0.2) is 33.8 Å². The maximum absolute atomic E-state index is 13.1. The average Bonchev–Trinajstić information content (AvgIpc) is 3.63. The van der Waals surface area contributed by atoms with Crippen molar-refractivity contribution >= 4 is 27.3 Å². The molecule has 1 aliphatic carbocycles. The number of halogens is 1. The van der Waals surface area contributed by atoms with Gasteiger partial charge in [-0.3, -0.25) is 14.7 Å². The van der Waals surface area contributed by atoms with E-state index in [1.807, 2.05) is 0 Å². The maximum atomic E-state index is 13.1. The van der Waals surface area contributed by atoms with E-state index in [0.29, 0.717) is 27.8 Å². The molecule has 3 aromatic rings. The molecule has 9 heteroatoms. The summed E-state index contributed by atoms with van der Waals surface area (Å²) in [6.45, 7) is 8.36. The van der Waals surface area contributed by atoms with E-state index in [1.54, 1.807) is 17.8 Å². The number of pyridine rings is 1. The minimum Gasteiger partial charge on any atom is -0.362 e. The van der Waals surface area contributed by atoms with Gasteiger partial charge in [0, 0.05) is 56.1 Å². The van der Waals surface area contributed by atoms with Gasteiger partial charge in [0.1, 0.15) is 10.2 Å². The van der Waals surface area contributed by atoms with E-state index in [0.717, 1.165) is 25.2 Å². The molecule has 5 rings (SSSR count). The summed E-state index contributed by atoms with van der Waals surface area (Å²) < 4.78 is 3.82. The second kappa shape index (κ2) is 9.40. The third kappa shape index (κ3) is 4.27. The number of hydrogen-bond acceptors (Lipinski definition) is 6. The maximum Gasteiger partial charge on any atom is 0.281 e. The monoisotopic (exact) mass is 537 g/mol. The molecule has 1 saturated carbocycles.